The highest BCUT2D eigenvalue weighted by Gasteiger charge is 2.36. The van der Waals surface area contributed by atoms with Crippen LogP contribution in [0.4, 0.5) is 0 Å². The van der Waals surface area contributed by atoms with E-state index in [0.717, 1.165) is 5.69 Å². The summed E-state index contributed by atoms with van der Waals surface area (Å²) >= 11 is 1.81. The van der Waals surface area contributed by atoms with Crippen molar-refractivity contribution in [3.63, 3.8) is 0 Å². The van der Waals surface area contributed by atoms with Crippen molar-refractivity contribution >= 4 is 11.3 Å². The van der Waals surface area contributed by atoms with Gasteiger partial charge >= 0.3 is 0 Å². The van der Waals surface area contributed by atoms with Gasteiger partial charge in [-0.1, -0.05) is 13.3 Å². The van der Waals surface area contributed by atoms with Gasteiger partial charge in [-0.2, -0.15) is 0 Å². The number of nitrogens with zero attached hydrogens (tertiary/aromatic N) is 1. The Balaban J connectivity index is 2.30. The SMILES string of the molecule is Cc1nc(C2(C)CCC2)sc1CN. The second-order valence-corrected chi connectivity index (χ2v) is 5.23. The summed E-state index contributed by atoms with van der Waals surface area (Å²) in [5, 5.41) is 1.30. The molecule has 13 heavy (non-hydrogen) atoms. The molecule has 3 heteroatoms. The monoisotopic (exact) mass is 196 g/mol. The molecule has 1 heterocycles. The molecule has 0 radical (unpaired) electrons. The van der Waals surface area contributed by atoms with E-state index in [0.29, 0.717) is 12.0 Å². The summed E-state index contributed by atoms with van der Waals surface area (Å²) < 4.78 is 0. The van der Waals surface area contributed by atoms with Crippen molar-refractivity contribution in [3.8, 4) is 0 Å². The molecule has 1 fully saturated rings. The first-order chi connectivity index (χ1) is 6.15. The van der Waals surface area contributed by atoms with Gasteiger partial charge in [0.25, 0.3) is 0 Å². The number of aryl methyl sites for hydroxylation is 1. The third kappa shape index (κ3) is 1.40. The van der Waals surface area contributed by atoms with Crippen LogP contribution in [0.2, 0.25) is 0 Å². The molecule has 2 N–H and O–H groups in total. The molecule has 1 aliphatic rings. The van der Waals surface area contributed by atoms with Crippen molar-refractivity contribution in [3.05, 3.63) is 15.6 Å². The van der Waals surface area contributed by atoms with E-state index >= 15 is 0 Å². The summed E-state index contributed by atoms with van der Waals surface area (Å²) in [4.78, 5) is 5.87. The third-order valence-corrected chi connectivity index (χ3v) is 4.54. The molecule has 1 aliphatic carbocycles. The van der Waals surface area contributed by atoms with E-state index < -0.39 is 0 Å². The van der Waals surface area contributed by atoms with Crippen LogP contribution in [0.5, 0.6) is 0 Å². The second-order valence-electron chi connectivity index (χ2n) is 4.15. The van der Waals surface area contributed by atoms with Crippen molar-refractivity contribution in [2.75, 3.05) is 0 Å². The standard InChI is InChI=1S/C10H16N2S/c1-7-8(6-11)13-9(12-7)10(2)4-3-5-10/h3-6,11H2,1-2H3. The van der Waals surface area contributed by atoms with Gasteiger partial charge in [-0.3, -0.25) is 0 Å². The Kier molecular flexibility index (Phi) is 2.16. The quantitative estimate of drug-likeness (QED) is 0.788. The largest absolute Gasteiger partial charge is 0.326 e. The Labute approximate surface area is 83.2 Å². The van der Waals surface area contributed by atoms with Crippen molar-refractivity contribution in [1.82, 2.24) is 4.98 Å². The maximum Gasteiger partial charge on any atom is 0.0990 e. The maximum atomic E-state index is 5.64. The maximum absolute atomic E-state index is 5.64. The summed E-state index contributed by atoms with van der Waals surface area (Å²) in [5.41, 5.74) is 7.15. The summed E-state index contributed by atoms with van der Waals surface area (Å²) in [6.45, 7) is 5.01. The fourth-order valence-corrected chi connectivity index (χ4v) is 2.94. The first kappa shape index (κ1) is 9.16. The highest BCUT2D eigenvalue weighted by Crippen LogP contribution is 2.45. The number of thiazole rings is 1. The summed E-state index contributed by atoms with van der Waals surface area (Å²) in [6, 6.07) is 0. The average molecular weight is 196 g/mol. The topological polar surface area (TPSA) is 38.9 Å². The second kappa shape index (κ2) is 3.07. The molecule has 0 aliphatic heterocycles. The van der Waals surface area contributed by atoms with Crippen molar-refractivity contribution < 1.29 is 0 Å². The normalized spacial score (nSPS) is 19.9. The highest BCUT2D eigenvalue weighted by atomic mass is 32.1. The summed E-state index contributed by atoms with van der Waals surface area (Å²) in [6.07, 6.45) is 3.95. The van der Waals surface area contributed by atoms with Gasteiger partial charge in [0.1, 0.15) is 0 Å². The molecule has 0 aromatic carbocycles. The molecule has 1 aromatic heterocycles. The van der Waals surface area contributed by atoms with Crippen molar-refractivity contribution in [1.29, 1.82) is 0 Å². The average Bonchev–Trinajstić information content (AvgIpc) is 2.43. The number of hydrogen-bond donors (Lipinski definition) is 1. The van der Waals surface area contributed by atoms with Crippen molar-refractivity contribution in [2.45, 2.75) is 45.1 Å². The van der Waals surface area contributed by atoms with Crippen LogP contribution in [-0.4, -0.2) is 4.98 Å². The molecule has 1 saturated carbocycles. The number of hydrogen-bond acceptors (Lipinski definition) is 3. The van der Waals surface area contributed by atoms with E-state index in [2.05, 4.69) is 18.8 Å². The first-order valence-electron chi connectivity index (χ1n) is 4.82. The predicted molar refractivity (Wildman–Crippen MR) is 55.9 cm³/mol. The van der Waals surface area contributed by atoms with Gasteiger partial charge in [0.15, 0.2) is 0 Å². The molecule has 2 rings (SSSR count). The third-order valence-electron chi connectivity index (χ3n) is 3.05. The van der Waals surface area contributed by atoms with Gasteiger partial charge in [-0.05, 0) is 19.8 Å². The molecule has 0 amide bonds. The lowest BCUT2D eigenvalue weighted by atomic mass is 9.71. The molecule has 0 spiro atoms. The van der Waals surface area contributed by atoms with Gasteiger partial charge < -0.3 is 5.73 Å². The molecule has 0 unspecified atom stereocenters. The van der Waals surface area contributed by atoms with Gasteiger partial charge in [-0.25, -0.2) is 4.98 Å². The van der Waals surface area contributed by atoms with E-state index in [1.54, 1.807) is 11.3 Å². The molecule has 0 atom stereocenters. The van der Waals surface area contributed by atoms with Crippen LogP contribution in [0.25, 0.3) is 0 Å². The Morgan fingerprint density at radius 3 is 2.62 bits per heavy atom. The fraction of sp³-hybridized carbons (Fsp3) is 0.700. The van der Waals surface area contributed by atoms with E-state index in [1.807, 2.05) is 0 Å². The van der Waals surface area contributed by atoms with Crippen LogP contribution in [0.15, 0.2) is 0 Å². The minimum atomic E-state index is 0.378. The zero-order chi connectivity index (χ0) is 9.47. The molecule has 0 saturated heterocycles. The minimum absolute atomic E-state index is 0.378. The Morgan fingerprint density at radius 1 is 1.54 bits per heavy atom. The van der Waals surface area contributed by atoms with E-state index in [1.165, 1.54) is 29.1 Å². The number of nitrogens with two attached hydrogens (primary N) is 1. The zero-order valence-electron chi connectivity index (χ0n) is 8.26. The van der Waals surface area contributed by atoms with Crippen LogP contribution >= 0.6 is 11.3 Å². The molecular formula is C10H16N2S. The Morgan fingerprint density at radius 2 is 2.23 bits per heavy atom. The molecule has 0 bridgehead atoms. The minimum Gasteiger partial charge on any atom is -0.326 e. The fourth-order valence-electron chi connectivity index (χ4n) is 1.80. The van der Waals surface area contributed by atoms with Crippen LogP contribution in [-0.2, 0) is 12.0 Å². The number of rotatable bonds is 2. The van der Waals surface area contributed by atoms with Gasteiger partial charge in [0.2, 0.25) is 0 Å². The first-order valence-corrected chi connectivity index (χ1v) is 5.64. The van der Waals surface area contributed by atoms with Gasteiger partial charge in [0, 0.05) is 16.8 Å². The predicted octanol–water partition coefficient (Wildman–Crippen LogP) is 2.35. The molecule has 72 valence electrons. The van der Waals surface area contributed by atoms with Gasteiger partial charge in [-0.15, -0.1) is 11.3 Å². The lowest BCUT2D eigenvalue weighted by Crippen LogP contribution is -2.30. The summed E-state index contributed by atoms with van der Waals surface area (Å²) in [7, 11) is 0. The smallest absolute Gasteiger partial charge is 0.0990 e. The van der Waals surface area contributed by atoms with Crippen LogP contribution in [0, 0.1) is 6.92 Å². The number of aromatic nitrogens is 1. The van der Waals surface area contributed by atoms with E-state index in [4.69, 9.17) is 5.73 Å². The molecule has 1 aromatic rings. The van der Waals surface area contributed by atoms with Crippen LogP contribution in [0.1, 0.15) is 41.8 Å². The Bertz CT molecular complexity index is 313. The van der Waals surface area contributed by atoms with E-state index in [-0.39, 0.29) is 0 Å². The summed E-state index contributed by atoms with van der Waals surface area (Å²) in [5.74, 6) is 0. The van der Waals surface area contributed by atoms with Gasteiger partial charge in [0.05, 0.1) is 10.7 Å². The highest BCUT2D eigenvalue weighted by molar-refractivity contribution is 7.11. The van der Waals surface area contributed by atoms with E-state index in [9.17, 15) is 0 Å². The zero-order valence-corrected chi connectivity index (χ0v) is 9.08. The lowest BCUT2D eigenvalue weighted by molar-refractivity contribution is 0.271. The lowest BCUT2D eigenvalue weighted by Gasteiger charge is -2.36. The van der Waals surface area contributed by atoms with Crippen LogP contribution < -0.4 is 5.73 Å². The molecular weight excluding hydrogens is 180 g/mol. The van der Waals surface area contributed by atoms with Crippen LogP contribution in [0.3, 0.4) is 0 Å². The van der Waals surface area contributed by atoms with Crippen molar-refractivity contribution in [2.24, 2.45) is 5.73 Å². The molecule has 2 nitrogen and oxygen atoms in total. The Hall–Kier alpha value is -0.410.